The van der Waals surface area contributed by atoms with E-state index in [1.54, 1.807) is 0 Å². The molecule has 0 aromatic heterocycles. The van der Waals surface area contributed by atoms with Crippen molar-refractivity contribution in [3.63, 3.8) is 0 Å². The van der Waals surface area contributed by atoms with Gasteiger partial charge in [-0.15, -0.1) is 0 Å². The fourth-order valence-electron chi connectivity index (χ4n) is 1.91. The van der Waals surface area contributed by atoms with Crippen molar-refractivity contribution in [3.05, 3.63) is 0 Å². The van der Waals surface area contributed by atoms with E-state index >= 15 is 0 Å². The average molecular weight is 158 g/mol. The third kappa shape index (κ3) is 1.57. The van der Waals surface area contributed by atoms with E-state index in [0.717, 1.165) is 6.42 Å². The van der Waals surface area contributed by atoms with E-state index in [1.807, 2.05) is 20.8 Å². The Morgan fingerprint density at radius 1 is 1.00 bits per heavy atom. The van der Waals surface area contributed by atoms with E-state index in [2.05, 4.69) is 0 Å². The third-order valence-electron chi connectivity index (χ3n) is 3.17. The molecule has 0 saturated heterocycles. The first-order valence-corrected chi connectivity index (χ1v) is 4.40. The number of rotatable bonds is 0. The predicted octanol–water partition coefficient (Wildman–Crippen LogP) is 1.02. The Kier molecular flexibility index (Phi) is 2.55. The van der Waals surface area contributed by atoms with Crippen LogP contribution in [0.3, 0.4) is 0 Å². The maximum absolute atomic E-state index is 9.62. The van der Waals surface area contributed by atoms with Crippen molar-refractivity contribution >= 4 is 0 Å². The molecule has 1 saturated carbocycles. The van der Waals surface area contributed by atoms with E-state index in [1.165, 1.54) is 0 Å². The fourth-order valence-corrected chi connectivity index (χ4v) is 1.91. The smallest absolute Gasteiger partial charge is 0.0595 e. The van der Waals surface area contributed by atoms with Crippen LogP contribution in [0.2, 0.25) is 0 Å². The molecule has 0 radical (unpaired) electrons. The molecular weight excluding hydrogens is 140 g/mol. The molecule has 0 spiro atoms. The Hall–Kier alpha value is -0.0800. The highest BCUT2D eigenvalue weighted by molar-refractivity contribution is 4.86. The molecule has 0 aromatic rings. The van der Waals surface area contributed by atoms with Gasteiger partial charge in [-0.3, -0.25) is 0 Å². The minimum absolute atomic E-state index is 0.219. The van der Waals surface area contributed by atoms with Gasteiger partial charge in [-0.1, -0.05) is 20.8 Å². The lowest BCUT2D eigenvalue weighted by Gasteiger charge is -2.38. The van der Waals surface area contributed by atoms with Crippen LogP contribution in [0, 0.1) is 17.8 Å². The molecule has 66 valence electrons. The van der Waals surface area contributed by atoms with Gasteiger partial charge in [0.25, 0.3) is 0 Å². The molecule has 1 fully saturated rings. The van der Waals surface area contributed by atoms with Gasteiger partial charge in [0, 0.05) is 0 Å². The van der Waals surface area contributed by atoms with Crippen molar-refractivity contribution in [1.29, 1.82) is 0 Å². The van der Waals surface area contributed by atoms with Crippen LogP contribution in [0.5, 0.6) is 0 Å². The summed E-state index contributed by atoms with van der Waals surface area (Å²) in [5.74, 6) is 0.714. The lowest BCUT2D eigenvalue weighted by molar-refractivity contribution is -0.0613. The lowest BCUT2D eigenvalue weighted by Crippen LogP contribution is -2.42. The number of aliphatic hydroxyl groups excluding tert-OH is 2. The summed E-state index contributed by atoms with van der Waals surface area (Å²) in [5, 5.41) is 19.1. The van der Waals surface area contributed by atoms with Crippen LogP contribution in [-0.4, -0.2) is 22.4 Å². The third-order valence-corrected chi connectivity index (χ3v) is 3.17. The zero-order valence-electron chi connectivity index (χ0n) is 7.49. The van der Waals surface area contributed by atoms with Gasteiger partial charge >= 0.3 is 0 Å². The maximum Gasteiger partial charge on any atom is 0.0595 e. The molecule has 0 aliphatic heterocycles. The highest BCUT2D eigenvalue weighted by Crippen LogP contribution is 2.33. The van der Waals surface area contributed by atoms with Crippen molar-refractivity contribution in [1.82, 2.24) is 0 Å². The van der Waals surface area contributed by atoms with Crippen molar-refractivity contribution in [3.8, 4) is 0 Å². The summed E-state index contributed by atoms with van der Waals surface area (Å²) in [6, 6.07) is 0. The standard InChI is InChI=1S/C9H18O2/c1-5-4-8(10)6(2)7(3)9(5)11/h5-11H,4H2,1-3H3. The zero-order chi connectivity index (χ0) is 8.59. The summed E-state index contributed by atoms with van der Waals surface area (Å²) < 4.78 is 0. The highest BCUT2D eigenvalue weighted by atomic mass is 16.3. The van der Waals surface area contributed by atoms with E-state index in [9.17, 15) is 10.2 Å². The molecule has 0 heterocycles. The van der Waals surface area contributed by atoms with Crippen LogP contribution < -0.4 is 0 Å². The van der Waals surface area contributed by atoms with Gasteiger partial charge in [0.05, 0.1) is 12.2 Å². The molecule has 11 heavy (non-hydrogen) atoms. The quantitative estimate of drug-likeness (QED) is 0.552. The van der Waals surface area contributed by atoms with E-state index in [-0.39, 0.29) is 30.0 Å². The Bertz CT molecular complexity index is 122. The molecule has 1 aliphatic rings. The van der Waals surface area contributed by atoms with Gasteiger partial charge in [-0.2, -0.15) is 0 Å². The number of hydrogen-bond acceptors (Lipinski definition) is 2. The van der Waals surface area contributed by atoms with Crippen LogP contribution in [0.25, 0.3) is 0 Å². The average Bonchev–Trinajstić information content (AvgIpc) is 1.97. The summed E-state index contributed by atoms with van der Waals surface area (Å²) in [5.41, 5.74) is 0. The largest absolute Gasteiger partial charge is 0.393 e. The summed E-state index contributed by atoms with van der Waals surface area (Å²) in [6.07, 6.45) is 0.295. The molecule has 1 aliphatic carbocycles. The van der Waals surface area contributed by atoms with E-state index in [4.69, 9.17) is 0 Å². The summed E-state index contributed by atoms with van der Waals surface area (Å²) in [6.45, 7) is 6.01. The van der Waals surface area contributed by atoms with Gasteiger partial charge in [-0.25, -0.2) is 0 Å². The summed E-state index contributed by atoms with van der Waals surface area (Å²) in [7, 11) is 0. The van der Waals surface area contributed by atoms with E-state index in [0.29, 0.717) is 0 Å². The first-order valence-electron chi connectivity index (χ1n) is 4.40. The van der Waals surface area contributed by atoms with E-state index < -0.39 is 0 Å². The van der Waals surface area contributed by atoms with Crippen LogP contribution in [0.4, 0.5) is 0 Å². The number of aliphatic hydroxyl groups is 2. The van der Waals surface area contributed by atoms with Crippen LogP contribution in [0.1, 0.15) is 27.2 Å². The van der Waals surface area contributed by atoms with Crippen molar-refractivity contribution in [2.45, 2.75) is 39.4 Å². The topological polar surface area (TPSA) is 40.5 Å². The maximum atomic E-state index is 9.62. The normalized spacial score (nSPS) is 52.6. The summed E-state index contributed by atoms with van der Waals surface area (Å²) >= 11 is 0. The molecule has 0 bridgehead atoms. The highest BCUT2D eigenvalue weighted by Gasteiger charge is 2.36. The van der Waals surface area contributed by atoms with Gasteiger partial charge in [0.15, 0.2) is 0 Å². The van der Waals surface area contributed by atoms with Gasteiger partial charge in [0.2, 0.25) is 0 Å². The minimum Gasteiger partial charge on any atom is -0.393 e. The molecular formula is C9H18O2. The molecule has 0 aromatic carbocycles. The SMILES string of the molecule is CC1CC(O)C(C)C(C)C1O. The van der Waals surface area contributed by atoms with Crippen LogP contribution in [-0.2, 0) is 0 Å². The molecule has 0 amide bonds. The molecule has 5 atom stereocenters. The van der Waals surface area contributed by atoms with Gasteiger partial charge in [0.1, 0.15) is 0 Å². The first kappa shape index (κ1) is 9.01. The zero-order valence-corrected chi connectivity index (χ0v) is 7.49. The Balaban J connectivity index is 2.63. The molecule has 2 heteroatoms. The van der Waals surface area contributed by atoms with Crippen molar-refractivity contribution in [2.75, 3.05) is 0 Å². The van der Waals surface area contributed by atoms with Crippen LogP contribution in [0.15, 0.2) is 0 Å². The molecule has 1 rings (SSSR count). The Labute approximate surface area is 68.2 Å². The second kappa shape index (κ2) is 3.11. The van der Waals surface area contributed by atoms with Crippen LogP contribution >= 0.6 is 0 Å². The van der Waals surface area contributed by atoms with Crippen molar-refractivity contribution in [2.24, 2.45) is 17.8 Å². The van der Waals surface area contributed by atoms with Gasteiger partial charge < -0.3 is 10.2 Å². The molecule has 2 nitrogen and oxygen atoms in total. The molecule has 2 N–H and O–H groups in total. The Morgan fingerprint density at radius 3 is 2.09 bits per heavy atom. The van der Waals surface area contributed by atoms with Gasteiger partial charge in [-0.05, 0) is 24.2 Å². The minimum atomic E-state index is -0.228. The van der Waals surface area contributed by atoms with Crippen molar-refractivity contribution < 1.29 is 10.2 Å². The Morgan fingerprint density at radius 2 is 1.55 bits per heavy atom. The molecule has 5 unspecified atom stereocenters. The number of hydrogen-bond donors (Lipinski definition) is 2. The second-order valence-corrected chi connectivity index (χ2v) is 3.99. The predicted molar refractivity (Wildman–Crippen MR) is 44.1 cm³/mol. The monoisotopic (exact) mass is 158 g/mol. The lowest BCUT2D eigenvalue weighted by atomic mass is 9.72. The first-order chi connectivity index (χ1) is 5.04. The second-order valence-electron chi connectivity index (χ2n) is 3.99. The summed E-state index contributed by atoms with van der Waals surface area (Å²) in [4.78, 5) is 0. The fraction of sp³-hybridized carbons (Fsp3) is 1.00.